The van der Waals surface area contributed by atoms with Crippen LogP contribution >= 0.6 is 11.3 Å². The highest BCUT2D eigenvalue weighted by molar-refractivity contribution is 7.15. The van der Waals surface area contributed by atoms with Gasteiger partial charge in [-0.15, -0.1) is 10.2 Å². The zero-order chi connectivity index (χ0) is 13.5. The average Bonchev–Trinajstić information content (AvgIpc) is 3.05. The number of rotatable bonds is 7. The van der Waals surface area contributed by atoms with Crippen molar-refractivity contribution in [1.82, 2.24) is 10.2 Å². The summed E-state index contributed by atoms with van der Waals surface area (Å²) in [7, 11) is 0. The van der Waals surface area contributed by atoms with Crippen LogP contribution in [0.25, 0.3) is 0 Å². The van der Waals surface area contributed by atoms with Crippen molar-refractivity contribution >= 4 is 22.4 Å². The fourth-order valence-corrected chi connectivity index (χ4v) is 2.40. The van der Waals surface area contributed by atoms with Crippen LogP contribution in [0.2, 0.25) is 0 Å². The first-order valence-electron chi connectivity index (χ1n) is 6.42. The maximum Gasteiger partial charge on any atom is 0.226 e. The first-order valence-corrected chi connectivity index (χ1v) is 7.24. The third-order valence-electron chi connectivity index (χ3n) is 2.64. The van der Waals surface area contributed by atoms with Crippen molar-refractivity contribution in [3.05, 3.63) is 29.2 Å². The van der Waals surface area contributed by atoms with E-state index in [4.69, 9.17) is 4.42 Å². The van der Waals surface area contributed by atoms with E-state index in [-0.39, 0.29) is 5.91 Å². The number of hydrogen-bond acceptors (Lipinski definition) is 5. The van der Waals surface area contributed by atoms with Crippen LogP contribution < -0.4 is 5.32 Å². The van der Waals surface area contributed by atoms with Gasteiger partial charge in [0.2, 0.25) is 11.0 Å². The van der Waals surface area contributed by atoms with Crippen molar-refractivity contribution in [2.24, 2.45) is 0 Å². The fraction of sp³-hybridized carbons (Fsp3) is 0.462. The van der Waals surface area contributed by atoms with E-state index in [0.717, 1.165) is 30.0 Å². The van der Waals surface area contributed by atoms with Crippen LogP contribution in [0.3, 0.4) is 0 Å². The van der Waals surface area contributed by atoms with Gasteiger partial charge in [0.15, 0.2) is 0 Å². The van der Waals surface area contributed by atoms with Gasteiger partial charge in [-0.25, -0.2) is 0 Å². The van der Waals surface area contributed by atoms with Crippen LogP contribution in [0.1, 0.15) is 37.0 Å². The number of nitrogens with one attached hydrogen (secondary N) is 1. The molecule has 0 radical (unpaired) electrons. The topological polar surface area (TPSA) is 68.0 Å². The molecule has 2 aromatic rings. The van der Waals surface area contributed by atoms with E-state index >= 15 is 0 Å². The van der Waals surface area contributed by atoms with E-state index < -0.39 is 0 Å². The number of anilines is 1. The molecule has 6 heteroatoms. The summed E-state index contributed by atoms with van der Waals surface area (Å²) in [6, 6.07) is 3.68. The van der Waals surface area contributed by atoms with Gasteiger partial charge in [-0.2, -0.15) is 0 Å². The molecule has 0 saturated carbocycles. The Balaban J connectivity index is 1.76. The largest absolute Gasteiger partial charge is 0.469 e. The predicted octanol–water partition coefficient (Wildman–Crippen LogP) is 3.05. The average molecular weight is 279 g/mol. The normalized spacial score (nSPS) is 10.6. The molecule has 0 bridgehead atoms. The number of carbonyl (C=O) groups excluding carboxylic acids is 1. The molecule has 0 atom stereocenters. The summed E-state index contributed by atoms with van der Waals surface area (Å²) < 4.78 is 5.18. The van der Waals surface area contributed by atoms with E-state index in [2.05, 4.69) is 22.4 Å². The maximum atomic E-state index is 11.7. The Morgan fingerprint density at radius 2 is 2.32 bits per heavy atom. The lowest BCUT2D eigenvalue weighted by molar-refractivity contribution is -0.116. The first kappa shape index (κ1) is 13.7. The number of aromatic nitrogens is 2. The lowest BCUT2D eigenvalue weighted by Gasteiger charge is -1.99. The summed E-state index contributed by atoms with van der Waals surface area (Å²) >= 11 is 1.45. The van der Waals surface area contributed by atoms with Gasteiger partial charge in [-0.3, -0.25) is 4.79 Å². The minimum Gasteiger partial charge on any atom is -0.469 e. The third kappa shape index (κ3) is 4.48. The van der Waals surface area contributed by atoms with Gasteiger partial charge in [0.25, 0.3) is 0 Å². The molecule has 0 saturated heterocycles. The van der Waals surface area contributed by atoms with Crippen molar-refractivity contribution in [3.8, 4) is 0 Å². The van der Waals surface area contributed by atoms with E-state index in [1.54, 1.807) is 6.26 Å². The molecule has 0 unspecified atom stereocenters. The number of carbonyl (C=O) groups is 1. The number of furan rings is 1. The number of aryl methyl sites for hydroxylation is 2. The lowest BCUT2D eigenvalue weighted by Crippen LogP contribution is -2.11. The lowest BCUT2D eigenvalue weighted by atomic mass is 10.2. The molecule has 0 aliphatic heterocycles. The Morgan fingerprint density at radius 3 is 3.05 bits per heavy atom. The zero-order valence-electron chi connectivity index (χ0n) is 10.9. The van der Waals surface area contributed by atoms with Crippen LogP contribution in [0.4, 0.5) is 5.13 Å². The molecule has 2 heterocycles. The maximum absolute atomic E-state index is 11.7. The highest BCUT2D eigenvalue weighted by atomic mass is 32.1. The Bertz CT molecular complexity index is 508. The molecular weight excluding hydrogens is 262 g/mol. The minimum atomic E-state index is -0.0606. The molecule has 1 N–H and O–H groups in total. The Labute approximate surface area is 116 Å². The molecule has 102 valence electrons. The fourth-order valence-electron chi connectivity index (χ4n) is 1.61. The van der Waals surface area contributed by atoms with Crippen LogP contribution in [0.15, 0.2) is 22.8 Å². The minimum absolute atomic E-state index is 0.0606. The van der Waals surface area contributed by atoms with Gasteiger partial charge >= 0.3 is 0 Å². The Morgan fingerprint density at radius 1 is 1.42 bits per heavy atom. The Hall–Kier alpha value is -1.69. The van der Waals surface area contributed by atoms with E-state index in [1.807, 2.05) is 12.1 Å². The molecule has 0 spiro atoms. The van der Waals surface area contributed by atoms with Crippen molar-refractivity contribution in [2.75, 3.05) is 5.32 Å². The molecular formula is C13H17N3O2S. The standard InChI is InChI=1S/C13H17N3O2S/c1-2-3-6-12-15-16-13(19-12)14-11(17)8-7-10-5-4-9-18-10/h4-5,9H,2-3,6-8H2,1H3,(H,14,16,17). The number of unbranched alkanes of at least 4 members (excludes halogenated alkanes) is 1. The van der Waals surface area contributed by atoms with Gasteiger partial charge < -0.3 is 9.73 Å². The molecule has 0 aliphatic carbocycles. The summed E-state index contributed by atoms with van der Waals surface area (Å²) in [4.78, 5) is 11.7. The van der Waals surface area contributed by atoms with Gasteiger partial charge in [-0.05, 0) is 18.6 Å². The summed E-state index contributed by atoms with van der Waals surface area (Å²) in [5, 5.41) is 12.3. The SMILES string of the molecule is CCCCc1nnc(NC(=O)CCc2ccco2)s1. The van der Waals surface area contributed by atoms with E-state index in [0.29, 0.717) is 18.0 Å². The second-order valence-corrected chi connectivity index (χ2v) is 5.29. The van der Waals surface area contributed by atoms with Gasteiger partial charge in [0.05, 0.1) is 6.26 Å². The monoisotopic (exact) mass is 279 g/mol. The van der Waals surface area contributed by atoms with Crippen molar-refractivity contribution in [2.45, 2.75) is 39.0 Å². The summed E-state index contributed by atoms with van der Waals surface area (Å²) in [5.74, 6) is 0.755. The second-order valence-electron chi connectivity index (χ2n) is 4.23. The predicted molar refractivity (Wildman–Crippen MR) is 74.2 cm³/mol. The number of nitrogens with zero attached hydrogens (tertiary/aromatic N) is 2. The highest BCUT2D eigenvalue weighted by Crippen LogP contribution is 2.17. The number of amides is 1. The zero-order valence-corrected chi connectivity index (χ0v) is 11.7. The van der Waals surface area contributed by atoms with E-state index in [1.165, 1.54) is 11.3 Å². The van der Waals surface area contributed by atoms with Gasteiger partial charge in [0.1, 0.15) is 10.8 Å². The van der Waals surface area contributed by atoms with Crippen LogP contribution in [0, 0.1) is 0 Å². The molecule has 0 aromatic carbocycles. The van der Waals surface area contributed by atoms with Crippen molar-refractivity contribution < 1.29 is 9.21 Å². The molecule has 19 heavy (non-hydrogen) atoms. The molecule has 5 nitrogen and oxygen atoms in total. The van der Waals surface area contributed by atoms with Crippen molar-refractivity contribution in [1.29, 1.82) is 0 Å². The van der Waals surface area contributed by atoms with Gasteiger partial charge in [-0.1, -0.05) is 24.7 Å². The van der Waals surface area contributed by atoms with Crippen LogP contribution in [-0.4, -0.2) is 16.1 Å². The quantitative estimate of drug-likeness (QED) is 0.845. The molecule has 0 fully saturated rings. The Kier molecular flexibility index (Phi) is 5.09. The molecule has 2 aromatic heterocycles. The molecule has 0 aliphatic rings. The highest BCUT2D eigenvalue weighted by Gasteiger charge is 2.08. The van der Waals surface area contributed by atoms with E-state index in [9.17, 15) is 4.79 Å². The summed E-state index contributed by atoms with van der Waals surface area (Å²) in [6.07, 6.45) is 5.75. The summed E-state index contributed by atoms with van der Waals surface area (Å²) in [6.45, 7) is 2.14. The summed E-state index contributed by atoms with van der Waals surface area (Å²) in [5.41, 5.74) is 0. The first-order chi connectivity index (χ1) is 9.28. The molecule has 1 amide bonds. The van der Waals surface area contributed by atoms with Gasteiger partial charge in [0, 0.05) is 19.3 Å². The smallest absolute Gasteiger partial charge is 0.226 e. The second kappa shape index (κ2) is 7.04. The number of hydrogen-bond donors (Lipinski definition) is 1. The van der Waals surface area contributed by atoms with Crippen LogP contribution in [-0.2, 0) is 17.6 Å². The van der Waals surface area contributed by atoms with Crippen molar-refractivity contribution in [3.63, 3.8) is 0 Å². The molecule has 2 rings (SSSR count). The van der Waals surface area contributed by atoms with Crippen LogP contribution in [0.5, 0.6) is 0 Å². The third-order valence-corrected chi connectivity index (χ3v) is 3.53.